The number of rotatable bonds is 16. The summed E-state index contributed by atoms with van der Waals surface area (Å²) in [5.74, 6) is 3.74. The van der Waals surface area contributed by atoms with Crippen molar-refractivity contribution in [3.63, 3.8) is 0 Å². The van der Waals surface area contributed by atoms with E-state index in [1.54, 1.807) is 24.3 Å². The van der Waals surface area contributed by atoms with Crippen LogP contribution in [-0.2, 0) is 17.6 Å². The monoisotopic (exact) mass is 593 g/mol. The van der Waals surface area contributed by atoms with Gasteiger partial charge in [-0.2, -0.15) is 0 Å². The van der Waals surface area contributed by atoms with Crippen molar-refractivity contribution >= 4 is 5.97 Å². The Morgan fingerprint density at radius 1 is 0.907 bits per heavy atom. The molecule has 0 bridgehead atoms. The average molecular weight is 594 g/mol. The highest BCUT2D eigenvalue weighted by atomic mass is 16.5. The summed E-state index contributed by atoms with van der Waals surface area (Å²) in [6.45, 7) is 17.8. The third-order valence-electron chi connectivity index (χ3n) is 9.74. The normalized spacial score (nSPS) is 18.6. The Kier molecular flexibility index (Phi) is 13.0. The maximum absolute atomic E-state index is 13.0. The summed E-state index contributed by atoms with van der Waals surface area (Å²) in [5.41, 5.74) is 11.0. The number of esters is 1. The molecular formula is C38H59NO4. The number of phenolic OH excluding ortho intramolecular Hbond substituents is 1. The van der Waals surface area contributed by atoms with Crippen molar-refractivity contribution in [1.82, 2.24) is 0 Å². The van der Waals surface area contributed by atoms with E-state index in [9.17, 15) is 9.90 Å². The van der Waals surface area contributed by atoms with Crippen LogP contribution in [0.4, 0.5) is 0 Å². The van der Waals surface area contributed by atoms with E-state index in [2.05, 4.69) is 41.5 Å². The van der Waals surface area contributed by atoms with Crippen LogP contribution in [0.25, 0.3) is 0 Å². The Bertz CT molecular complexity index is 1190. The molecule has 0 aromatic heterocycles. The zero-order valence-corrected chi connectivity index (χ0v) is 28.4. The van der Waals surface area contributed by atoms with Crippen molar-refractivity contribution in [2.45, 2.75) is 144 Å². The van der Waals surface area contributed by atoms with Gasteiger partial charge in [-0.25, -0.2) is 4.79 Å². The molecule has 4 atom stereocenters. The fourth-order valence-corrected chi connectivity index (χ4v) is 6.56. The van der Waals surface area contributed by atoms with Crippen LogP contribution < -0.4 is 15.2 Å². The van der Waals surface area contributed by atoms with Gasteiger partial charge in [-0.3, -0.25) is 0 Å². The first-order valence-electron chi connectivity index (χ1n) is 16.9. The lowest BCUT2D eigenvalue weighted by Gasteiger charge is -2.38. The van der Waals surface area contributed by atoms with Crippen LogP contribution in [0.3, 0.4) is 0 Å². The number of phenols is 1. The second-order valence-corrected chi connectivity index (χ2v) is 14.3. The van der Waals surface area contributed by atoms with E-state index in [1.165, 1.54) is 51.4 Å². The molecule has 0 amide bonds. The molecule has 0 aliphatic carbocycles. The van der Waals surface area contributed by atoms with Gasteiger partial charge in [0.05, 0.1) is 0 Å². The number of aromatic hydroxyl groups is 1. The molecule has 1 aliphatic rings. The third-order valence-corrected chi connectivity index (χ3v) is 9.74. The highest BCUT2D eigenvalue weighted by molar-refractivity contribution is 5.79. The van der Waals surface area contributed by atoms with Crippen LogP contribution in [0.15, 0.2) is 24.3 Å². The summed E-state index contributed by atoms with van der Waals surface area (Å²) >= 11 is 0. The lowest BCUT2D eigenvalue weighted by molar-refractivity contribution is -0.135. The molecule has 240 valence electrons. The van der Waals surface area contributed by atoms with Gasteiger partial charge in [-0.15, -0.1) is 0 Å². The number of fused-ring (bicyclic) bond motifs is 1. The molecule has 0 radical (unpaired) electrons. The van der Waals surface area contributed by atoms with Gasteiger partial charge < -0.3 is 20.3 Å². The lowest BCUT2D eigenvalue weighted by atomic mass is 9.83. The molecular weight excluding hydrogens is 534 g/mol. The highest BCUT2D eigenvalue weighted by Gasteiger charge is 2.35. The second-order valence-electron chi connectivity index (χ2n) is 14.3. The van der Waals surface area contributed by atoms with Gasteiger partial charge in [0.15, 0.2) is 0 Å². The van der Waals surface area contributed by atoms with E-state index in [-0.39, 0.29) is 11.4 Å². The van der Waals surface area contributed by atoms with E-state index in [4.69, 9.17) is 15.2 Å². The number of ether oxygens (including phenoxy) is 2. The fraction of sp³-hybridized carbons (Fsp3) is 0.658. The summed E-state index contributed by atoms with van der Waals surface area (Å²) in [6, 6.07) is 5.95. The zero-order valence-electron chi connectivity index (χ0n) is 28.4. The van der Waals surface area contributed by atoms with E-state index in [0.29, 0.717) is 12.2 Å². The first kappa shape index (κ1) is 35.0. The van der Waals surface area contributed by atoms with Crippen LogP contribution in [0, 0.1) is 38.5 Å². The Morgan fingerprint density at radius 2 is 1.49 bits per heavy atom. The van der Waals surface area contributed by atoms with E-state index < -0.39 is 12.0 Å². The molecule has 0 spiro atoms. The molecule has 1 unspecified atom stereocenters. The largest absolute Gasteiger partial charge is 0.508 e. The quantitative estimate of drug-likeness (QED) is 0.150. The van der Waals surface area contributed by atoms with E-state index in [1.807, 2.05) is 13.8 Å². The molecule has 3 rings (SSSR count). The number of hydrogen-bond donors (Lipinski definition) is 2. The first-order valence-corrected chi connectivity index (χ1v) is 16.9. The Hall–Kier alpha value is -2.53. The van der Waals surface area contributed by atoms with Gasteiger partial charge in [0.1, 0.15) is 28.9 Å². The molecule has 2 aromatic carbocycles. The fourth-order valence-electron chi connectivity index (χ4n) is 6.56. The average Bonchev–Trinajstić information content (AvgIpc) is 2.95. The molecule has 1 aliphatic heterocycles. The number of hydrogen-bond acceptors (Lipinski definition) is 5. The van der Waals surface area contributed by atoms with Crippen LogP contribution in [0.5, 0.6) is 17.2 Å². The summed E-state index contributed by atoms with van der Waals surface area (Å²) in [4.78, 5) is 13.0. The maximum atomic E-state index is 13.0. The predicted molar refractivity (Wildman–Crippen MR) is 178 cm³/mol. The Balaban J connectivity index is 1.52. The molecule has 0 saturated heterocycles. The first-order chi connectivity index (χ1) is 20.3. The van der Waals surface area contributed by atoms with Crippen LogP contribution in [0.1, 0.15) is 127 Å². The molecule has 43 heavy (non-hydrogen) atoms. The molecule has 0 saturated carbocycles. The Labute approximate surface area is 261 Å². The number of carbonyl (C=O) groups excluding carboxylic acids is 1. The van der Waals surface area contributed by atoms with Crippen molar-refractivity contribution in [1.29, 1.82) is 0 Å². The van der Waals surface area contributed by atoms with Crippen molar-refractivity contribution in [3.8, 4) is 17.2 Å². The van der Waals surface area contributed by atoms with Crippen molar-refractivity contribution in [2.24, 2.45) is 23.5 Å². The topological polar surface area (TPSA) is 81.8 Å². The van der Waals surface area contributed by atoms with Gasteiger partial charge in [0.25, 0.3) is 0 Å². The second kappa shape index (κ2) is 16.0. The summed E-state index contributed by atoms with van der Waals surface area (Å²) < 4.78 is 12.7. The van der Waals surface area contributed by atoms with Gasteiger partial charge in [-0.05, 0) is 112 Å². The Morgan fingerprint density at radius 3 is 2.09 bits per heavy atom. The zero-order chi connectivity index (χ0) is 31.7. The van der Waals surface area contributed by atoms with Crippen molar-refractivity contribution < 1.29 is 19.4 Å². The predicted octanol–water partition coefficient (Wildman–Crippen LogP) is 9.32. The van der Waals surface area contributed by atoms with Gasteiger partial charge >= 0.3 is 5.97 Å². The van der Waals surface area contributed by atoms with Crippen molar-refractivity contribution in [3.05, 3.63) is 52.1 Å². The summed E-state index contributed by atoms with van der Waals surface area (Å²) in [5, 5.41) is 9.52. The van der Waals surface area contributed by atoms with Gasteiger partial charge in [-0.1, -0.05) is 84.8 Å². The minimum absolute atomic E-state index is 0.175. The molecule has 5 nitrogen and oxygen atoms in total. The van der Waals surface area contributed by atoms with Gasteiger partial charge in [0.2, 0.25) is 0 Å². The smallest absolute Gasteiger partial charge is 0.328 e. The molecule has 2 aromatic rings. The van der Waals surface area contributed by atoms with Crippen LogP contribution >= 0.6 is 0 Å². The molecule has 5 heteroatoms. The van der Waals surface area contributed by atoms with E-state index >= 15 is 0 Å². The van der Waals surface area contributed by atoms with Gasteiger partial charge in [0, 0.05) is 5.56 Å². The minimum atomic E-state index is -0.792. The summed E-state index contributed by atoms with van der Waals surface area (Å²) in [7, 11) is 0. The summed E-state index contributed by atoms with van der Waals surface area (Å²) in [6.07, 6.45) is 13.8. The minimum Gasteiger partial charge on any atom is -0.508 e. The third kappa shape index (κ3) is 10.3. The van der Waals surface area contributed by atoms with E-state index in [0.717, 1.165) is 70.6 Å². The van der Waals surface area contributed by atoms with Crippen LogP contribution in [-0.4, -0.2) is 22.7 Å². The number of nitrogens with two attached hydrogens (primary N) is 1. The number of carbonyl (C=O) groups is 1. The number of benzene rings is 2. The SMILES string of the molecule is Cc1c(C)c2c(c(C)c1OC(=O)C(N)Cc1ccc(O)cc1)CC[C@@](C)(CCC[C@H](C)CCC[C@H](C)CCCC(C)C)O2. The molecule has 0 fully saturated rings. The standard InChI is InChI=1S/C38H59NO4/c1-25(2)12-9-13-26(3)14-10-15-27(4)16-11-22-38(8)23-21-33-30(7)35(28(5)29(6)36(33)43-38)42-37(41)34(39)24-31-17-19-32(40)20-18-31/h17-20,25-27,34,40H,9-16,21-24,39H2,1-8H3/t26-,27-,34?,38-/m1/s1. The highest BCUT2D eigenvalue weighted by Crippen LogP contribution is 2.45. The lowest BCUT2D eigenvalue weighted by Crippen LogP contribution is -2.38. The molecule has 3 N–H and O–H groups in total. The van der Waals surface area contributed by atoms with Crippen molar-refractivity contribution in [2.75, 3.05) is 0 Å². The maximum Gasteiger partial charge on any atom is 0.328 e. The van der Waals surface area contributed by atoms with Crippen LogP contribution in [0.2, 0.25) is 0 Å². The molecule has 1 heterocycles.